The Morgan fingerprint density at radius 2 is 1.17 bits per heavy atom. The molecule has 0 heterocycles. The van der Waals surface area contributed by atoms with Gasteiger partial charge in [0.2, 0.25) is 0 Å². The maximum atomic E-state index is 2.32. The van der Waals surface area contributed by atoms with E-state index in [1.807, 2.05) is 0 Å². The second-order valence-electron chi connectivity index (χ2n) is 5.03. The van der Waals surface area contributed by atoms with Crippen molar-refractivity contribution in [3.63, 3.8) is 0 Å². The summed E-state index contributed by atoms with van der Waals surface area (Å²) < 4.78 is 0. The molecule has 0 fully saturated rings. The summed E-state index contributed by atoms with van der Waals surface area (Å²) in [4.78, 5) is 0. The monoisotopic (exact) mass is 169 g/mol. The Labute approximate surface area is 78.8 Å². The first-order chi connectivity index (χ1) is 5.43. The Bertz CT molecular complexity index is 90.6. The van der Waals surface area contributed by atoms with Crippen LogP contribution in [0.4, 0.5) is 0 Å². The van der Waals surface area contributed by atoms with Crippen LogP contribution in [0.5, 0.6) is 0 Å². The Balaban J connectivity index is 3.87. The van der Waals surface area contributed by atoms with E-state index >= 15 is 0 Å². The van der Waals surface area contributed by atoms with Crippen LogP contribution in [0, 0.1) is 23.7 Å². The van der Waals surface area contributed by atoms with E-state index in [4.69, 9.17) is 0 Å². The zero-order valence-corrected chi connectivity index (χ0v) is 9.65. The van der Waals surface area contributed by atoms with E-state index in [9.17, 15) is 0 Å². The predicted octanol–water partition coefficient (Wildman–Crippen LogP) is 4.31. The molecule has 1 radical (unpaired) electrons. The zero-order chi connectivity index (χ0) is 9.72. The first-order valence-electron chi connectivity index (χ1n) is 5.23. The van der Waals surface area contributed by atoms with Crippen LogP contribution in [0.1, 0.15) is 54.4 Å². The number of hydrogen-bond donors (Lipinski definition) is 0. The molecule has 73 valence electrons. The second-order valence-corrected chi connectivity index (χ2v) is 5.03. The van der Waals surface area contributed by atoms with Gasteiger partial charge in [0.15, 0.2) is 0 Å². The van der Waals surface area contributed by atoms with Crippen molar-refractivity contribution >= 4 is 0 Å². The third-order valence-corrected chi connectivity index (χ3v) is 2.33. The van der Waals surface area contributed by atoms with Crippen LogP contribution < -0.4 is 0 Å². The molecule has 0 aromatic heterocycles. The van der Waals surface area contributed by atoms with Crippen LogP contribution in [0.3, 0.4) is 0 Å². The van der Waals surface area contributed by atoms with Crippen LogP contribution in [-0.4, -0.2) is 0 Å². The summed E-state index contributed by atoms with van der Waals surface area (Å²) in [6.45, 7) is 13.8. The predicted molar refractivity (Wildman–Crippen MR) is 57.0 cm³/mol. The molecule has 0 saturated heterocycles. The van der Waals surface area contributed by atoms with Gasteiger partial charge in [0.05, 0.1) is 0 Å². The molecule has 0 N–H and O–H groups in total. The van der Waals surface area contributed by atoms with Crippen LogP contribution in [0.2, 0.25) is 0 Å². The number of rotatable bonds is 5. The smallest absolute Gasteiger partial charge is 0.0272 e. The van der Waals surface area contributed by atoms with Crippen LogP contribution in [-0.2, 0) is 0 Å². The SMILES string of the molecule is C[C](C)C(CC(C)C)CC(C)C. The molecule has 0 aliphatic carbocycles. The van der Waals surface area contributed by atoms with Crippen molar-refractivity contribution in [2.75, 3.05) is 0 Å². The topological polar surface area (TPSA) is 0 Å². The fraction of sp³-hybridized carbons (Fsp3) is 0.917. The largest absolute Gasteiger partial charge is 0.0628 e. The summed E-state index contributed by atoms with van der Waals surface area (Å²) in [5.74, 6) is 4.13. The molecular formula is C12H25. The van der Waals surface area contributed by atoms with Crippen molar-refractivity contribution < 1.29 is 0 Å². The van der Waals surface area contributed by atoms with E-state index < -0.39 is 0 Å². The number of hydrogen-bond acceptors (Lipinski definition) is 0. The highest BCUT2D eigenvalue weighted by molar-refractivity contribution is 4.87. The van der Waals surface area contributed by atoms with Gasteiger partial charge in [-0.05, 0) is 36.5 Å². The standard InChI is InChI=1S/C12H25/c1-9(2)7-12(11(5)6)8-10(3)4/h9-10,12H,7-8H2,1-6H3. The summed E-state index contributed by atoms with van der Waals surface area (Å²) in [5, 5.41) is 0. The summed E-state index contributed by atoms with van der Waals surface area (Å²) in [6, 6.07) is 0. The van der Waals surface area contributed by atoms with Crippen molar-refractivity contribution in [3.05, 3.63) is 5.92 Å². The van der Waals surface area contributed by atoms with Gasteiger partial charge < -0.3 is 0 Å². The minimum atomic E-state index is 0.837. The normalized spacial score (nSPS) is 12.5. The van der Waals surface area contributed by atoms with Crippen molar-refractivity contribution in [1.29, 1.82) is 0 Å². The Morgan fingerprint density at radius 3 is 1.33 bits per heavy atom. The van der Waals surface area contributed by atoms with E-state index in [1.54, 1.807) is 5.92 Å². The highest BCUT2D eigenvalue weighted by atomic mass is 14.2. The summed E-state index contributed by atoms with van der Waals surface area (Å²) in [7, 11) is 0. The van der Waals surface area contributed by atoms with Gasteiger partial charge in [-0.15, -0.1) is 0 Å². The maximum absolute atomic E-state index is 2.32. The zero-order valence-electron chi connectivity index (χ0n) is 9.65. The van der Waals surface area contributed by atoms with E-state index in [0.717, 1.165) is 17.8 Å². The molecule has 0 aliphatic heterocycles. The van der Waals surface area contributed by atoms with E-state index in [0.29, 0.717) is 0 Å². The van der Waals surface area contributed by atoms with Crippen molar-refractivity contribution in [2.45, 2.75) is 54.4 Å². The van der Waals surface area contributed by atoms with Gasteiger partial charge in [0.1, 0.15) is 0 Å². The highest BCUT2D eigenvalue weighted by Crippen LogP contribution is 2.27. The fourth-order valence-corrected chi connectivity index (χ4v) is 1.71. The molecule has 0 amide bonds. The van der Waals surface area contributed by atoms with Crippen LogP contribution >= 0.6 is 0 Å². The molecule has 0 aliphatic rings. The molecule has 0 rings (SSSR count). The van der Waals surface area contributed by atoms with E-state index in [-0.39, 0.29) is 0 Å². The lowest BCUT2D eigenvalue weighted by Gasteiger charge is -2.24. The first-order valence-corrected chi connectivity index (χ1v) is 5.23. The molecule has 0 nitrogen and oxygen atoms in total. The third-order valence-electron chi connectivity index (χ3n) is 2.33. The fourth-order valence-electron chi connectivity index (χ4n) is 1.71. The molecule has 0 unspecified atom stereocenters. The molecule has 0 aromatic rings. The van der Waals surface area contributed by atoms with E-state index in [1.165, 1.54) is 12.8 Å². The van der Waals surface area contributed by atoms with Crippen molar-refractivity contribution in [1.82, 2.24) is 0 Å². The van der Waals surface area contributed by atoms with Gasteiger partial charge in [0.25, 0.3) is 0 Å². The minimum Gasteiger partial charge on any atom is -0.0628 e. The van der Waals surface area contributed by atoms with Crippen molar-refractivity contribution in [2.24, 2.45) is 17.8 Å². The second kappa shape index (κ2) is 5.61. The van der Waals surface area contributed by atoms with Gasteiger partial charge in [0, 0.05) is 0 Å². The lowest BCUT2D eigenvalue weighted by molar-refractivity contribution is 0.356. The third kappa shape index (κ3) is 5.62. The highest BCUT2D eigenvalue weighted by Gasteiger charge is 2.16. The average molecular weight is 169 g/mol. The molecular weight excluding hydrogens is 144 g/mol. The van der Waals surface area contributed by atoms with Gasteiger partial charge in [-0.1, -0.05) is 41.5 Å². The molecule has 0 saturated carbocycles. The van der Waals surface area contributed by atoms with Gasteiger partial charge in [-0.3, -0.25) is 0 Å². The van der Waals surface area contributed by atoms with Crippen molar-refractivity contribution in [3.8, 4) is 0 Å². The summed E-state index contributed by atoms with van der Waals surface area (Å²) in [5.41, 5.74) is 0. The molecule has 0 bridgehead atoms. The van der Waals surface area contributed by atoms with Crippen LogP contribution in [0.25, 0.3) is 0 Å². The lowest BCUT2D eigenvalue weighted by atomic mass is 9.82. The first kappa shape index (κ1) is 12.0. The van der Waals surface area contributed by atoms with Gasteiger partial charge >= 0.3 is 0 Å². The average Bonchev–Trinajstić information content (AvgIpc) is 1.83. The molecule has 0 heteroatoms. The summed E-state index contributed by atoms with van der Waals surface area (Å²) >= 11 is 0. The lowest BCUT2D eigenvalue weighted by Crippen LogP contribution is -2.12. The minimum absolute atomic E-state index is 0.837. The Kier molecular flexibility index (Phi) is 5.61. The molecule has 0 aromatic carbocycles. The maximum Gasteiger partial charge on any atom is -0.0272 e. The Hall–Kier alpha value is 0. The molecule has 0 spiro atoms. The van der Waals surface area contributed by atoms with E-state index in [2.05, 4.69) is 41.5 Å². The van der Waals surface area contributed by atoms with Gasteiger partial charge in [-0.25, -0.2) is 0 Å². The summed E-state index contributed by atoms with van der Waals surface area (Å²) in [6.07, 6.45) is 2.72. The quantitative estimate of drug-likeness (QED) is 0.575. The molecule has 0 atom stereocenters. The van der Waals surface area contributed by atoms with Crippen LogP contribution in [0.15, 0.2) is 0 Å². The van der Waals surface area contributed by atoms with Gasteiger partial charge in [-0.2, -0.15) is 0 Å². The Morgan fingerprint density at radius 1 is 0.833 bits per heavy atom. The molecule has 12 heavy (non-hydrogen) atoms.